The summed E-state index contributed by atoms with van der Waals surface area (Å²) in [5.41, 5.74) is 2.96. The number of hydrogen-bond acceptors (Lipinski definition) is 4. The molecule has 1 amide bonds. The number of ether oxygens (including phenoxy) is 1. The van der Waals surface area contributed by atoms with Gasteiger partial charge >= 0.3 is 0 Å². The number of aryl methyl sites for hydroxylation is 1. The van der Waals surface area contributed by atoms with E-state index in [4.69, 9.17) is 16.3 Å². The molecule has 1 aromatic rings. The Balaban J connectivity index is 2.15. The van der Waals surface area contributed by atoms with E-state index in [2.05, 4.69) is 5.32 Å². The lowest BCUT2D eigenvalue weighted by Gasteiger charge is -2.30. The van der Waals surface area contributed by atoms with Crippen LogP contribution in [0.1, 0.15) is 12.0 Å². The smallest absolute Gasteiger partial charge is 0.252 e. The van der Waals surface area contributed by atoms with Crippen molar-refractivity contribution < 1.29 is 14.6 Å². The Morgan fingerprint density at radius 2 is 2.38 bits per heavy atom. The molecule has 6 heteroatoms. The summed E-state index contributed by atoms with van der Waals surface area (Å²) in [5.74, 6) is 0.160. The molecule has 0 fully saturated rings. The predicted octanol–water partition coefficient (Wildman–Crippen LogP) is 1.62. The van der Waals surface area contributed by atoms with Crippen molar-refractivity contribution in [3.63, 3.8) is 0 Å². The zero-order chi connectivity index (χ0) is 15.2. The van der Waals surface area contributed by atoms with Gasteiger partial charge in [-0.25, -0.2) is 0 Å². The zero-order valence-electron chi connectivity index (χ0n) is 12.1. The number of alkyl halides is 1. The van der Waals surface area contributed by atoms with Crippen LogP contribution < -0.4 is 10.2 Å². The minimum atomic E-state index is -0.589. The van der Waals surface area contributed by atoms with Crippen LogP contribution >= 0.6 is 11.6 Å². The molecule has 1 aromatic carbocycles. The van der Waals surface area contributed by atoms with Gasteiger partial charge in [-0.2, -0.15) is 0 Å². The molecule has 0 bridgehead atoms. The number of hydrogen-bond donors (Lipinski definition) is 2. The van der Waals surface area contributed by atoms with Crippen molar-refractivity contribution in [3.8, 4) is 0 Å². The summed E-state index contributed by atoms with van der Waals surface area (Å²) in [7, 11) is 1.52. The quantitative estimate of drug-likeness (QED) is 0.784. The topological polar surface area (TPSA) is 61.8 Å². The average molecular weight is 313 g/mol. The molecule has 1 aliphatic rings. The molecule has 0 saturated heterocycles. The molecule has 0 aliphatic carbocycles. The number of rotatable bonds is 6. The van der Waals surface area contributed by atoms with Crippen LogP contribution in [0.2, 0.25) is 0 Å². The minimum absolute atomic E-state index is 0.0311. The van der Waals surface area contributed by atoms with E-state index < -0.39 is 6.10 Å². The molecule has 2 N–H and O–H groups in total. The van der Waals surface area contributed by atoms with Gasteiger partial charge in [0.2, 0.25) is 0 Å². The summed E-state index contributed by atoms with van der Waals surface area (Å²) in [4.78, 5) is 13.9. The van der Waals surface area contributed by atoms with Gasteiger partial charge in [0.1, 0.15) is 6.61 Å². The Hall–Kier alpha value is -1.30. The van der Waals surface area contributed by atoms with Gasteiger partial charge in [0, 0.05) is 31.6 Å². The van der Waals surface area contributed by atoms with Crippen LogP contribution in [-0.4, -0.2) is 49.8 Å². The van der Waals surface area contributed by atoms with Gasteiger partial charge in [-0.3, -0.25) is 4.79 Å². The van der Waals surface area contributed by atoms with E-state index in [0.29, 0.717) is 13.1 Å². The number of nitrogens with zero attached hydrogens (tertiary/aromatic N) is 1. The second-order valence-corrected chi connectivity index (χ2v) is 5.42. The van der Waals surface area contributed by atoms with Crippen LogP contribution in [0.15, 0.2) is 18.2 Å². The summed E-state index contributed by atoms with van der Waals surface area (Å²) in [5, 5.41) is 12.6. The highest BCUT2D eigenvalue weighted by Crippen LogP contribution is 2.30. The second kappa shape index (κ2) is 7.64. The first-order valence-electron chi connectivity index (χ1n) is 7.06. The molecule has 0 spiro atoms. The number of fused-ring (bicyclic) bond motifs is 1. The standard InChI is InChI=1S/C15H21ClN2O3/c1-21-10-15(20)18-6-2-3-11-4-5-12(7-14(11)18)17-9-13(19)8-16/h4-5,7,13,17,19H,2-3,6,8-10H2,1H3. The van der Waals surface area contributed by atoms with Gasteiger partial charge in [0.15, 0.2) is 0 Å². The van der Waals surface area contributed by atoms with Crippen LogP contribution in [0.25, 0.3) is 0 Å². The number of benzene rings is 1. The SMILES string of the molecule is COCC(=O)N1CCCc2ccc(NCC(O)CCl)cc21. The van der Waals surface area contributed by atoms with Crippen molar-refractivity contribution in [2.24, 2.45) is 0 Å². The van der Waals surface area contributed by atoms with E-state index >= 15 is 0 Å². The molecule has 21 heavy (non-hydrogen) atoms. The third-order valence-electron chi connectivity index (χ3n) is 3.49. The van der Waals surface area contributed by atoms with Gasteiger partial charge < -0.3 is 20.1 Å². The lowest BCUT2D eigenvalue weighted by molar-refractivity contribution is -0.122. The molecule has 1 unspecified atom stereocenters. The molecule has 0 saturated carbocycles. The maximum atomic E-state index is 12.1. The van der Waals surface area contributed by atoms with Crippen molar-refractivity contribution in [1.82, 2.24) is 0 Å². The average Bonchev–Trinajstić information content (AvgIpc) is 2.51. The van der Waals surface area contributed by atoms with Crippen LogP contribution in [-0.2, 0) is 16.0 Å². The van der Waals surface area contributed by atoms with E-state index in [1.165, 1.54) is 7.11 Å². The van der Waals surface area contributed by atoms with E-state index in [0.717, 1.165) is 29.8 Å². The van der Waals surface area contributed by atoms with Crippen molar-refractivity contribution in [2.75, 3.05) is 42.9 Å². The summed E-state index contributed by atoms with van der Waals surface area (Å²) in [6.45, 7) is 1.18. The monoisotopic (exact) mass is 312 g/mol. The molecule has 2 rings (SSSR count). The lowest BCUT2D eigenvalue weighted by Crippen LogP contribution is -2.37. The summed E-state index contributed by atoms with van der Waals surface area (Å²) < 4.78 is 4.94. The number of methoxy groups -OCH3 is 1. The van der Waals surface area contributed by atoms with Crippen LogP contribution in [0.3, 0.4) is 0 Å². The van der Waals surface area contributed by atoms with Crippen molar-refractivity contribution in [2.45, 2.75) is 18.9 Å². The number of aliphatic hydroxyl groups excluding tert-OH is 1. The van der Waals surface area contributed by atoms with Crippen molar-refractivity contribution in [1.29, 1.82) is 0 Å². The fourth-order valence-corrected chi connectivity index (χ4v) is 2.54. The van der Waals surface area contributed by atoms with E-state index in [1.54, 1.807) is 4.90 Å². The van der Waals surface area contributed by atoms with Crippen molar-refractivity contribution >= 4 is 28.9 Å². The fourth-order valence-electron chi connectivity index (χ4n) is 2.44. The number of carbonyl (C=O) groups is 1. The second-order valence-electron chi connectivity index (χ2n) is 5.11. The molecule has 116 valence electrons. The highest BCUT2D eigenvalue weighted by atomic mass is 35.5. The van der Waals surface area contributed by atoms with Gasteiger partial charge in [-0.1, -0.05) is 6.07 Å². The number of anilines is 2. The minimum Gasteiger partial charge on any atom is -0.390 e. The van der Waals surface area contributed by atoms with Gasteiger partial charge in [-0.05, 0) is 30.5 Å². The van der Waals surface area contributed by atoms with Gasteiger partial charge in [0.25, 0.3) is 5.91 Å². The van der Waals surface area contributed by atoms with Crippen LogP contribution in [0.4, 0.5) is 11.4 Å². The molecule has 1 atom stereocenters. The number of carbonyl (C=O) groups excluding carboxylic acids is 1. The third kappa shape index (κ3) is 4.09. The highest BCUT2D eigenvalue weighted by molar-refractivity contribution is 6.18. The first kappa shape index (κ1) is 16.1. The molecule has 0 radical (unpaired) electrons. The Morgan fingerprint density at radius 1 is 1.57 bits per heavy atom. The Labute approximate surface area is 129 Å². The number of nitrogens with one attached hydrogen (secondary N) is 1. The maximum Gasteiger partial charge on any atom is 0.252 e. The van der Waals surface area contributed by atoms with Crippen molar-refractivity contribution in [3.05, 3.63) is 23.8 Å². The molecule has 5 nitrogen and oxygen atoms in total. The normalized spacial score (nSPS) is 15.5. The van der Waals surface area contributed by atoms with E-state index in [9.17, 15) is 9.90 Å². The Bertz CT molecular complexity index is 496. The van der Waals surface area contributed by atoms with Gasteiger partial charge in [-0.15, -0.1) is 11.6 Å². The number of amides is 1. The largest absolute Gasteiger partial charge is 0.390 e. The molecule has 1 heterocycles. The third-order valence-corrected chi connectivity index (χ3v) is 3.85. The molecular weight excluding hydrogens is 292 g/mol. The first-order valence-corrected chi connectivity index (χ1v) is 7.59. The van der Waals surface area contributed by atoms with Crippen LogP contribution in [0.5, 0.6) is 0 Å². The lowest BCUT2D eigenvalue weighted by atomic mass is 10.0. The van der Waals surface area contributed by atoms with Gasteiger partial charge in [0.05, 0.1) is 12.0 Å². The predicted molar refractivity (Wildman–Crippen MR) is 84.2 cm³/mol. The zero-order valence-corrected chi connectivity index (χ0v) is 12.9. The van der Waals surface area contributed by atoms with E-state index in [1.807, 2.05) is 18.2 Å². The molecular formula is C15H21ClN2O3. The molecule has 1 aliphatic heterocycles. The Morgan fingerprint density at radius 3 is 3.10 bits per heavy atom. The summed E-state index contributed by atoms with van der Waals surface area (Å²) >= 11 is 5.58. The molecule has 0 aromatic heterocycles. The maximum absolute atomic E-state index is 12.1. The number of aliphatic hydroxyl groups is 1. The van der Waals surface area contributed by atoms with E-state index in [-0.39, 0.29) is 18.4 Å². The summed E-state index contributed by atoms with van der Waals surface area (Å²) in [6.07, 6.45) is 1.34. The fraction of sp³-hybridized carbons (Fsp3) is 0.533. The number of halogens is 1. The Kier molecular flexibility index (Phi) is 5.85. The highest BCUT2D eigenvalue weighted by Gasteiger charge is 2.22. The first-order chi connectivity index (χ1) is 10.2. The van der Waals surface area contributed by atoms with Crippen LogP contribution in [0, 0.1) is 0 Å². The summed E-state index contributed by atoms with van der Waals surface area (Å²) in [6, 6.07) is 5.93.